The lowest BCUT2D eigenvalue weighted by molar-refractivity contribution is 0.0529. The van der Waals surface area contributed by atoms with Crippen LogP contribution in [0.5, 0.6) is 5.75 Å². The summed E-state index contributed by atoms with van der Waals surface area (Å²) in [5.74, 6) is 0.0409. The molecule has 5 nitrogen and oxygen atoms in total. The molecule has 1 N–H and O–H groups in total. The minimum absolute atomic E-state index is 0.252. The number of rotatable bonds is 7. The van der Waals surface area contributed by atoms with Crippen molar-refractivity contribution in [3.8, 4) is 16.9 Å². The van der Waals surface area contributed by atoms with Crippen LogP contribution in [0.15, 0.2) is 54.6 Å². The Bertz CT molecular complexity index is 994. The fourth-order valence-electron chi connectivity index (χ4n) is 3.03. The Balaban J connectivity index is 2.02. The number of anilines is 1. The van der Waals surface area contributed by atoms with Crippen molar-refractivity contribution in [1.82, 2.24) is 0 Å². The van der Waals surface area contributed by atoms with Crippen LogP contribution >= 0.6 is 11.3 Å². The highest BCUT2D eigenvalue weighted by molar-refractivity contribution is 7.17. The van der Waals surface area contributed by atoms with Crippen molar-refractivity contribution in [3.05, 3.63) is 70.6 Å². The summed E-state index contributed by atoms with van der Waals surface area (Å²) in [5, 5.41) is 3.37. The number of esters is 1. The number of nitrogens with one attached hydrogen (secondary N) is 1. The molecular weight excluding hydrogens is 386 g/mol. The van der Waals surface area contributed by atoms with Gasteiger partial charge in [0.25, 0.3) is 5.91 Å². The molecule has 0 bridgehead atoms. The van der Waals surface area contributed by atoms with Gasteiger partial charge in [0.2, 0.25) is 0 Å². The summed E-state index contributed by atoms with van der Waals surface area (Å²) in [6.07, 6.45) is 0. The Kier molecular flexibility index (Phi) is 6.67. The first kappa shape index (κ1) is 20.6. The van der Waals surface area contributed by atoms with Gasteiger partial charge in [0.1, 0.15) is 16.3 Å². The minimum Gasteiger partial charge on any atom is -0.494 e. The Hall–Kier alpha value is -3.12. The zero-order valence-electron chi connectivity index (χ0n) is 16.7. The smallest absolute Gasteiger partial charge is 0.341 e. The van der Waals surface area contributed by atoms with E-state index < -0.39 is 5.97 Å². The van der Waals surface area contributed by atoms with Gasteiger partial charge in [-0.1, -0.05) is 30.3 Å². The highest BCUT2D eigenvalue weighted by Crippen LogP contribution is 2.41. The van der Waals surface area contributed by atoms with E-state index in [-0.39, 0.29) is 12.5 Å². The van der Waals surface area contributed by atoms with Crippen LogP contribution in [-0.2, 0) is 4.74 Å². The van der Waals surface area contributed by atoms with Gasteiger partial charge in [0.05, 0.1) is 13.2 Å². The molecule has 1 amide bonds. The summed E-state index contributed by atoms with van der Waals surface area (Å²) in [7, 11) is 0. The van der Waals surface area contributed by atoms with Crippen molar-refractivity contribution in [2.45, 2.75) is 20.8 Å². The first-order valence-corrected chi connectivity index (χ1v) is 10.3. The molecule has 0 saturated carbocycles. The molecule has 3 rings (SSSR count). The van der Waals surface area contributed by atoms with Crippen LogP contribution in [0.3, 0.4) is 0 Å². The summed E-state index contributed by atoms with van der Waals surface area (Å²) < 4.78 is 10.8. The van der Waals surface area contributed by atoms with E-state index in [1.807, 2.05) is 44.2 Å². The topological polar surface area (TPSA) is 64.6 Å². The molecule has 0 unspecified atom stereocenters. The highest BCUT2D eigenvalue weighted by Gasteiger charge is 2.25. The molecule has 0 radical (unpaired) electrons. The van der Waals surface area contributed by atoms with Crippen LogP contribution in [0.4, 0.5) is 5.00 Å². The van der Waals surface area contributed by atoms with Crippen LogP contribution in [0.2, 0.25) is 0 Å². The largest absolute Gasteiger partial charge is 0.494 e. The molecular formula is C23H23NO4S. The molecule has 0 saturated heterocycles. The van der Waals surface area contributed by atoms with Gasteiger partial charge < -0.3 is 14.8 Å². The third-order valence-corrected chi connectivity index (χ3v) is 5.30. The standard InChI is InChI=1S/C23H23NO4S/c1-4-27-18-13-11-16(12-14-18)19-15(3)29-22(20(19)23(26)28-5-2)24-21(25)17-9-7-6-8-10-17/h6-14H,4-5H2,1-3H3,(H,24,25). The lowest BCUT2D eigenvalue weighted by Crippen LogP contribution is -2.14. The Morgan fingerprint density at radius 1 is 0.966 bits per heavy atom. The zero-order chi connectivity index (χ0) is 20.8. The van der Waals surface area contributed by atoms with Gasteiger partial charge in [0.15, 0.2) is 0 Å². The van der Waals surface area contributed by atoms with Crippen LogP contribution in [0, 0.1) is 6.92 Å². The van der Waals surface area contributed by atoms with Crippen LogP contribution in [-0.4, -0.2) is 25.1 Å². The van der Waals surface area contributed by atoms with Crippen molar-refractivity contribution in [3.63, 3.8) is 0 Å². The number of carbonyl (C=O) groups excluding carboxylic acids is 2. The van der Waals surface area contributed by atoms with Crippen LogP contribution < -0.4 is 10.1 Å². The normalized spacial score (nSPS) is 10.4. The van der Waals surface area contributed by atoms with Crippen molar-refractivity contribution in [2.24, 2.45) is 0 Å². The van der Waals surface area contributed by atoms with Gasteiger partial charge in [-0.15, -0.1) is 11.3 Å². The number of aryl methyl sites for hydroxylation is 1. The Morgan fingerprint density at radius 3 is 2.28 bits per heavy atom. The molecule has 0 spiro atoms. The third kappa shape index (κ3) is 4.66. The average molecular weight is 410 g/mol. The second-order valence-corrected chi connectivity index (χ2v) is 7.46. The van der Waals surface area contributed by atoms with Crippen molar-refractivity contribution < 1.29 is 19.1 Å². The van der Waals surface area contributed by atoms with E-state index in [1.54, 1.807) is 31.2 Å². The lowest BCUT2D eigenvalue weighted by Gasteiger charge is -2.10. The van der Waals surface area contributed by atoms with Gasteiger partial charge in [-0.2, -0.15) is 0 Å². The number of ether oxygens (including phenoxy) is 2. The van der Waals surface area contributed by atoms with E-state index in [4.69, 9.17) is 9.47 Å². The van der Waals surface area contributed by atoms with Crippen LogP contribution in [0.25, 0.3) is 11.1 Å². The van der Waals surface area contributed by atoms with Gasteiger partial charge in [-0.05, 0) is 50.6 Å². The maximum Gasteiger partial charge on any atom is 0.341 e. The average Bonchev–Trinajstić information content (AvgIpc) is 3.05. The molecule has 29 heavy (non-hydrogen) atoms. The summed E-state index contributed by atoms with van der Waals surface area (Å²) in [6, 6.07) is 16.5. The first-order valence-electron chi connectivity index (χ1n) is 9.45. The Morgan fingerprint density at radius 2 is 1.66 bits per heavy atom. The molecule has 0 fully saturated rings. The molecule has 3 aromatic rings. The van der Waals surface area contributed by atoms with E-state index in [9.17, 15) is 9.59 Å². The van der Waals surface area contributed by atoms with E-state index in [0.717, 1.165) is 21.8 Å². The molecule has 0 aliphatic heterocycles. The van der Waals surface area contributed by atoms with E-state index in [0.29, 0.717) is 22.7 Å². The summed E-state index contributed by atoms with van der Waals surface area (Å²) >= 11 is 1.36. The molecule has 1 aromatic heterocycles. The monoisotopic (exact) mass is 409 g/mol. The molecule has 6 heteroatoms. The molecule has 150 valence electrons. The second-order valence-electron chi connectivity index (χ2n) is 6.24. The zero-order valence-corrected chi connectivity index (χ0v) is 17.5. The molecule has 2 aromatic carbocycles. The van der Waals surface area contributed by atoms with Gasteiger partial charge >= 0.3 is 5.97 Å². The number of hydrogen-bond donors (Lipinski definition) is 1. The number of amides is 1. The van der Waals surface area contributed by atoms with Gasteiger partial charge in [0, 0.05) is 16.0 Å². The number of carbonyl (C=O) groups is 2. The summed E-state index contributed by atoms with van der Waals surface area (Å²) in [6.45, 7) is 6.45. The summed E-state index contributed by atoms with van der Waals surface area (Å²) in [4.78, 5) is 26.3. The van der Waals surface area contributed by atoms with Crippen molar-refractivity contribution in [2.75, 3.05) is 18.5 Å². The van der Waals surface area contributed by atoms with Crippen molar-refractivity contribution in [1.29, 1.82) is 0 Å². The van der Waals surface area contributed by atoms with Crippen molar-refractivity contribution >= 4 is 28.2 Å². The van der Waals surface area contributed by atoms with E-state index in [1.165, 1.54) is 11.3 Å². The first-order chi connectivity index (χ1) is 14.0. The Labute approximate surface area is 174 Å². The maximum absolute atomic E-state index is 12.8. The fourth-order valence-corrected chi connectivity index (χ4v) is 4.09. The fraction of sp³-hybridized carbons (Fsp3) is 0.217. The van der Waals surface area contributed by atoms with Gasteiger partial charge in [-0.25, -0.2) is 4.79 Å². The quantitative estimate of drug-likeness (QED) is 0.520. The third-order valence-electron chi connectivity index (χ3n) is 4.28. The predicted octanol–water partition coefficient (Wildman–Crippen LogP) is 5.55. The molecule has 0 atom stereocenters. The lowest BCUT2D eigenvalue weighted by atomic mass is 10.0. The number of hydrogen-bond acceptors (Lipinski definition) is 5. The molecule has 0 aliphatic rings. The van der Waals surface area contributed by atoms with Gasteiger partial charge in [-0.3, -0.25) is 4.79 Å². The van der Waals surface area contributed by atoms with Crippen LogP contribution in [0.1, 0.15) is 39.4 Å². The maximum atomic E-state index is 12.8. The predicted molar refractivity (Wildman–Crippen MR) is 116 cm³/mol. The molecule has 0 aliphatic carbocycles. The minimum atomic E-state index is -0.455. The number of thiophene rings is 1. The van der Waals surface area contributed by atoms with E-state index in [2.05, 4.69) is 5.32 Å². The summed E-state index contributed by atoms with van der Waals surface area (Å²) in [5.41, 5.74) is 2.53. The number of benzene rings is 2. The second kappa shape index (κ2) is 9.39. The SMILES string of the molecule is CCOC(=O)c1c(NC(=O)c2ccccc2)sc(C)c1-c1ccc(OCC)cc1. The molecule has 1 heterocycles. The highest BCUT2D eigenvalue weighted by atomic mass is 32.1. The van der Waals surface area contributed by atoms with E-state index >= 15 is 0 Å².